The van der Waals surface area contributed by atoms with E-state index in [1.54, 1.807) is 19.5 Å². The van der Waals surface area contributed by atoms with Crippen molar-refractivity contribution in [1.82, 2.24) is 14.9 Å². The zero-order chi connectivity index (χ0) is 15.1. The van der Waals surface area contributed by atoms with Crippen molar-refractivity contribution in [2.24, 2.45) is 0 Å². The Hall–Kier alpha value is -2.14. The van der Waals surface area contributed by atoms with Crippen molar-refractivity contribution in [2.45, 2.75) is 6.42 Å². The predicted molar refractivity (Wildman–Crippen MR) is 85.7 cm³/mol. The molecule has 5 nitrogen and oxygen atoms in total. The van der Waals surface area contributed by atoms with Gasteiger partial charge in [-0.25, -0.2) is 4.98 Å². The van der Waals surface area contributed by atoms with E-state index in [1.807, 2.05) is 24.3 Å². The molecule has 0 aliphatic rings. The fourth-order valence-corrected chi connectivity index (χ4v) is 2.03. The molecule has 0 saturated carbocycles. The van der Waals surface area contributed by atoms with E-state index in [0.29, 0.717) is 0 Å². The predicted octanol–water partition coefficient (Wildman–Crippen LogP) is 2.52. The fourth-order valence-electron chi connectivity index (χ4n) is 2.03. The Morgan fingerprint density at radius 2 is 1.81 bits per heavy atom. The summed E-state index contributed by atoms with van der Waals surface area (Å²) in [4.78, 5) is 11.0. The molecule has 0 unspecified atom stereocenters. The van der Waals surface area contributed by atoms with Gasteiger partial charge in [0.15, 0.2) is 5.82 Å². The van der Waals surface area contributed by atoms with Crippen LogP contribution < -0.4 is 10.1 Å². The van der Waals surface area contributed by atoms with Gasteiger partial charge in [0.1, 0.15) is 11.4 Å². The first-order valence-electron chi connectivity index (χ1n) is 7.04. The van der Waals surface area contributed by atoms with E-state index < -0.39 is 0 Å². The Morgan fingerprint density at radius 1 is 1.10 bits per heavy atom. The normalized spacial score (nSPS) is 10.7. The van der Waals surface area contributed by atoms with Gasteiger partial charge in [0.2, 0.25) is 0 Å². The van der Waals surface area contributed by atoms with Crippen LogP contribution >= 0.6 is 0 Å². The number of benzene rings is 1. The summed E-state index contributed by atoms with van der Waals surface area (Å²) in [5.74, 6) is 1.66. The van der Waals surface area contributed by atoms with Crippen molar-refractivity contribution < 1.29 is 4.74 Å². The van der Waals surface area contributed by atoms with Gasteiger partial charge in [-0.1, -0.05) is 0 Å². The van der Waals surface area contributed by atoms with Gasteiger partial charge < -0.3 is 15.0 Å². The molecule has 2 aromatic rings. The lowest BCUT2D eigenvalue weighted by atomic mass is 10.1. The Bertz CT molecular complexity index is 554. The van der Waals surface area contributed by atoms with Crippen LogP contribution in [0.3, 0.4) is 0 Å². The lowest BCUT2D eigenvalue weighted by Gasteiger charge is -2.12. The highest BCUT2D eigenvalue weighted by atomic mass is 16.5. The summed E-state index contributed by atoms with van der Waals surface area (Å²) in [5, 5.41) is 3.36. The summed E-state index contributed by atoms with van der Waals surface area (Å²) in [6.45, 7) is 1.92. The van der Waals surface area contributed by atoms with Crippen LogP contribution in [0.5, 0.6) is 5.75 Å². The zero-order valence-electron chi connectivity index (χ0n) is 12.8. The van der Waals surface area contributed by atoms with Gasteiger partial charge in [-0.05, 0) is 51.3 Å². The first-order valence-corrected chi connectivity index (χ1v) is 7.04. The third kappa shape index (κ3) is 4.43. The first kappa shape index (κ1) is 15.3. The second kappa shape index (κ2) is 7.59. The Morgan fingerprint density at radius 3 is 2.48 bits per heavy atom. The first-order chi connectivity index (χ1) is 10.2. The number of hydrogen-bond donors (Lipinski definition) is 1. The number of nitrogens with one attached hydrogen (secondary N) is 1. The molecule has 21 heavy (non-hydrogen) atoms. The molecule has 0 spiro atoms. The number of aromatic nitrogens is 2. The molecule has 1 aromatic heterocycles. The molecule has 0 saturated heterocycles. The number of anilines is 1. The van der Waals surface area contributed by atoms with Crippen LogP contribution in [0.1, 0.15) is 6.42 Å². The number of nitrogens with zero attached hydrogens (tertiary/aromatic N) is 3. The summed E-state index contributed by atoms with van der Waals surface area (Å²) in [6.07, 6.45) is 4.48. The number of hydrogen-bond acceptors (Lipinski definition) is 5. The van der Waals surface area contributed by atoms with E-state index in [2.05, 4.69) is 34.3 Å². The van der Waals surface area contributed by atoms with E-state index >= 15 is 0 Å². The van der Waals surface area contributed by atoms with Crippen molar-refractivity contribution in [1.29, 1.82) is 0 Å². The maximum atomic E-state index is 5.18. The van der Waals surface area contributed by atoms with Crippen molar-refractivity contribution in [2.75, 3.05) is 39.6 Å². The van der Waals surface area contributed by atoms with Crippen LogP contribution in [0, 0.1) is 0 Å². The maximum Gasteiger partial charge on any atom is 0.152 e. The number of methoxy groups -OCH3 is 1. The third-order valence-corrected chi connectivity index (χ3v) is 3.14. The lowest BCUT2D eigenvalue weighted by Crippen LogP contribution is -2.17. The molecule has 0 aliphatic heterocycles. The van der Waals surface area contributed by atoms with Gasteiger partial charge in [0.25, 0.3) is 0 Å². The van der Waals surface area contributed by atoms with Gasteiger partial charge in [-0.15, -0.1) is 0 Å². The summed E-state index contributed by atoms with van der Waals surface area (Å²) in [7, 11) is 5.81. The Balaban J connectivity index is 2.08. The standard InChI is InChI=1S/C16H22N4O/c1-20(2)12-4-9-18-16-15(17-10-11-19-16)13-5-7-14(21-3)8-6-13/h5-8,10-11H,4,9,12H2,1-3H3,(H,18,19). The van der Waals surface area contributed by atoms with E-state index in [1.165, 1.54) is 0 Å². The summed E-state index contributed by atoms with van der Waals surface area (Å²) in [6, 6.07) is 7.85. The summed E-state index contributed by atoms with van der Waals surface area (Å²) in [5.41, 5.74) is 1.89. The molecule has 0 fully saturated rings. The van der Waals surface area contributed by atoms with Crippen LogP contribution in [0.25, 0.3) is 11.3 Å². The molecule has 1 heterocycles. The quantitative estimate of drug-likeness (QED) is 0.793. The summed E-state index contributed by atoms with van der Waals surface area (Å²) < 4.78 is 5.18. The summed E-state index contributed by atoms with van der Waals surface area (Å²) >= 11 is 0. The molecule has 2 rings (SSSR count). The molecule has 0 amide bonds. The molecule has 5 heteroatoms. The fraction of sp³-hybridized carbons (Fsp3) is 0.375. The minimum absolute atomic E-state index is 0.821. The zero-order valence-corrected chi connectivity index (χ0v) is 12.8. The molecule has 1 N–H and O–H groups in total. The van der Waals surface area contributed by atoms with Crippen LogP contribution in [-0.2, 0) is 0 Å². The average Bonchev–Trinajstić information content (AvgIpc) is 2.52. The molecule has 0 atom stereocenters. The minimum atomic E-state index is 0.821. The molecule has 0 bridgehead atoms. The molecule has 0 aliphatic carbocycles. The molecule has 1 aromatic carbocycles. The van der Waals surface area contributed by atoms with Gasteiger partial charge >= 0.3 is 0 Å². The van der Waals surface area contributed by atoms with Gasteiger partial charge in [-0.2, -0.15) is 0 Å². The van der Waals surface area contributed by atoms with Crippen LogP contribution in [-0.4, -0.2) is 49.2 Å². The van der Waals surface area contributed by atoms with Crippen molar-refractivity contribution in [3.05, 3.63) is 36.7 Å². The van der Waals surface area contributed by atoms with Gasteiger partial charge in [-0.3, -0.25) is 4.98 Å². The van der Waals surface area contributed by atoms with Gasteiger partial charge in [0.05, 0.1) is 7.11 Å². The van der Waals surface area contributed by atoms with E-state index in [9.17, 15) is 0 Å². The second-order valence-corrected chi connectivity index (χ2v) is 5.07. The second-order valence-electron chi connectivity index (χ2n) is 5.07. The minimum Gasteiger partial charge on any atom is -0.497 e. The lowest BCUT2D eigenvalue weighted by molar-refractivity contribution is 0.405. The van der Waals surface area contributed by atoms with Crippen molar-refractivity contribution >= 4 is 5.82 Å². The molecular formula is C16H22N4O. The highest BCUT2D eigenvalue weighted by Gasteiger charge is 2.07. The van der Waals surface area contributed by atoms with E-state index in [4.69, 9.17) is 4.74 Å². The third-order valence-electron chi connectivity index (χ3n) is 3.14. The number of rotatable bonds is 7. The highest BCUT2D eigenvalue weighted by Crippen LogP contribution is 2.25. The van der Waals surface area contributed by atoms with E-state index in [-0.39, 0.29) is 0 Å². The molecule has 112 valence electrons. The molecule has 0 radical (unpaired) electrons. The van der Waals surface area contributed by atoms with Crippen LogP contribution in [0.15, 0.2) is 36.7 Å². The largest absolute Gasteiger partial charge is 0.497 e. The van der Waals surface area contributed by atoms with E-state index in [0.717, 1.165) is 42.3 Å². The van der Waals surface area contributed by atoms with Gasteiger partial charge in [0, 0.05) is 24.5 Å². The topological polar surface area (TPSA) is 50.3 Å². The molecular weight excluding hydrogens is 264 g/mol. The SMILES string of the molecule is COc1ccc(-c2nccnc2NCCCN(C)C)cc1. The number of ether oxygens (including phenoxy) is 1. The maximum absolute atomic E-state index is 5.18. The average molecular weight is 286 g/mol. The van der Waals surface area contributed by atoms with Crippen molar-refractivity contribution in [3.8, 4) is 17.0 Å². The monoisotopic (exact) mass is 286 g/mol. The van der Waals surface area contributed by atoms with Crippen LogP contribution in [0.2, 0.25) is 0 Å². The smallest absolute Gasteiger partial charge is 0.152 e. The highest BCUT2D eigenvalue weighted by molar-refractivity contribution is 5.71. The van der Waals surface area contributed by atoms with Crippen molar-refractivity contribution in [3.63, 3.8) is 0 Å². The Kier molecular flexibility index (Phi) is 5.51. The van der Waals surface area contributed by atoms with Crippen LogP contribution in [0.4, 0.5) is 5.82 Å². The Labute approximate surface area is 126 Å².